The molecule has 0 spiro atoms. The van der Waals surface area contributed by atoms with Crippen LogP contribution in [0.4, 0.5) is 11.4 Å². The first-order chi connectivity index (χ1) is 15.0. The summed E-state index contributed by atoms with van der Waals surface area (Å²) in [6.07, 6.45) is 0. The predicted octanol–water partition coefficient (Wildman–Crippen LogP) is 5.83. The Hall–Kier alpha value is -3.78. The molecule has 0 saturated carbocycles. The number of nitrogens with zero attached hydrogens (tertiary/aromatic N) is 2. The number of carbonyl (C=O) groups excluding carboxylic acids is 1. The molecule has 0 atom stereocenters. The Labute approximate surface area is 182 Å². The summed E-state index contributed by atoms with van der Waals surface area (Å²) in [4.78, 5) is 28.3. The van der Waals surface area contributed by atoms with Crippen LogP contribution in [-0.2, 0) is 0 Å². The lowest BCUT2D eigenvalue weighted by Gasteiger charge is -2.11. The maximum atomic E-state index is 12.8. The molecule has 0 aliphatic rings. The fraction of sp³-hybridized carbons (Fsp3) is 0.130. The fourth-order valence-electron chi connectivity index (χ4n) is 3.16. The van der Waals surface area contributed by atoms with Crippen LogP contribution in [0, 0.1) is 17.0 Å². The lowest BCUT2D eigenvalue weighted by molar-refractivity contribution is -0.385. The van der Waals surface area contributed by atoms with Gasteiger partial charge in [0.2, 0.25) is 0 Å². The number of fused-ring (bicyclic) bond motifs is 1. The SMILES string of the molecule is CCOc1ccc(C(=O)Nc2cc(-c3nc4ccccc4s3)ccc2C)cc1[N+](=O)[O-]. The molecule has 1 N–H and O–H groups in total. The molecule has 8 heteroatoms. The van der Waals surface area contributed by atoms with Gasteiger partial charge in [-0.1, -0.05) is 24.3 Å². The number of hydrogen-bond donors (Lipinski definition) is 1. The zero-order valence-corrected chi connectivity index (χ0v) is 17.7. The van der Waals surface area contributed by atoms with Crippen molar-refractivity contribution in [3.05, 3.63) is 81.9 Å². The van der Waals surface area contributed by atoms with Crippen LogP contribution in [0.15, 0.2) is 60.7 Å². The number of nitrogens with one attached hydrogen (secondary N) is 1. The third-order valence-corrected chi connectivity index (χ3v) is 5.83. The van der Waals surface area contributed by atoms with Gasteiger partial charge in [-0.15, -0.1) is 11.3 Å². The highest BCUT2D eigenvalue weighted by Crippen LogP contribution is 2.33. The zero-order valence-electron chi connectivity index (χ0n) is 16.9. The van der Waals surface area contributed by atoms with E-state index in [0.29, 0.717) is 12.3 Å². The quantitative estimate of drug-likeness (QED) is 0.305. The maximum Gasteiger partial charge on any atom is 0.311 e. The highest BCUT2D eigenvalue weighted by atomic mass is 32.1. The van der Waals surface area contributed by atoms with Crippen LogP contribution < -0.4 is 10.1 Å². The first-order valence-electron chi connectivity index (χ1n) is 9.65. The van der Waals surface area contributed by atoms with E-state index in [1.165, 1.54) is 18.2 Å². The van der Waals surface area contributed by atoms with Crippen molar-refractivity contribution in [1.29, 1.82) is 0 Å². The van der Waals surface area contributed by atoms with E-state index in [4.69, 9.17) is 4.74 Å². The molecule has 3 aromatic carbocycles. The minimum Gasteiger partial charge on any atom is -0.487 e. The van der Waals surface area contributed by atoms with Gasteiger partial charge in [-0.3, -0.25) is 14.9 Å². The van der Waals surface area contributed by atoms with E-state index < -0.39 is 10.8 Å². The van der Waals surface area contributed by atoms with Crippen molar-refractivity contribution >= 4 is 38.8 Å². The lowest BCUT2D eigenvalue weighted by atomic mass is 10.1. The number of aryl methyl sites for hydroxylation is 1. The summed E-state index contributed by atoms with van der Waals surface area (Å²) in [5, 5.41) is 15.1. The van der Waals surface area contributed by atoms with E-state index in [2.05, 4.69) is 10.3 Å². The summed E-state index contributed by atoms with van der Waals surface area (Å²) < 4.78 is 6.37. The van der Waals surface area contributed by atoms with Crippen LogP contribution in [0.25, 0.3) is 20.8 Å². The number of ether oxygens (including phenoxy) is 1. The maximum absolute atomic E-state index is 12.8. The number of rotatable bonds is 6. The minimum absolute atomic E-state index is 0.137. The number of benzene rings is 3. The number of amides is 1. The Morgan fingerprint density at radius 2 is 1.97 bits per heavy atom. The Balaban J connectivity index is 1.63. The molecule has 1 amide bonds. The summed E-state index contributed by atoms with van der Waals surface area (Å²) in [6, 6.07) is 17.8. The standard InChI is InChI=1S/C23H19N3O4S/c1-3-30-20-11-10-15(13-19(20)26(28)29)22(27)24-18-12-16(9-8-14(18)2)23-25-17-6-4-5-7-21(17)31-23/h4-13H,3H2,1-2H3,(H,24,27). The van der Waals surface area contributed by atoms with Gasteiger partial charge in [0.25, 0.3) is 5.91 Å². The molecule has 7 nitrogen and oxygen atoms in total. The Morgan fingerprint density at radius 1 is 1.16 bits per heavy atom. The largest absolute Gasteiger partial charge is 0.487 e. The second kappa shape index (κ2) is 8.53. The molecule has 0 radical (unpaired) electrons. The first kappa shape index (κ1) is 20.5. The molecular weight excluding hydrogens is 414 g/mol. The number of nitro benzene ring substituents is 1. The van der Waals surface area contributed by atoms with Crippen molar-refractivity contribution in [2.24, 2.45) is 0 Å². The smallest absolute Gasteiger partial charge is 0.311 e. The molecule has 4 rings (SSSR count). The fourth-order valence-corrected chi connectivity index (χ4v) is 4.12. The molecule has 4 aromatic rings. The molecule has 156 valence electrons. The van der Waals surface area contributed by atoms with Gasteiger partial charge < -0.3 is 10.1 Å². The third-order valence-electron chi connectivity index (χ3n) is 4.74. The molecule has 31 heavy (non-hydrogen) atoms. The topological polar surface area (TPSA) is 94.4 Å². The molecule has 0 aliphatic carbocycles. The van der Waals surface area contributed by atoms with Crippen molar-refractivity contribution < 1.29 is 14.5 Å². The van der Waals surface area contributed by atoms with Crippen LogP contribution in [0.3, 0.4) is 0 Å². The molecule has 0 unspecified atom stereocenters. The summed E-state index contributed by atoms with van der Waals surface area (Å²) in [6.45, 7) is 3.92. The number of carbonyl (C=O) groups is 1. The Kier molecular flexibility index (Phi) is 5.64. The Morgan fingerprint density at radius 3 is 2.71 bits per heavy atom. The van der Waals surface area contributed by atoms with Gasteiger partial charge in [0.15, 0.2) is 5.75 Å². The van der Waals surface area contributed by atoms with Crippen LogP contribution in [0.2, 0.25) is 0 Å². The van der Waals surface area contributed by atoms with Crippen LogP contribution in [-0.4, -0.2) is 22.4 Å². The number of hydrogen-bond acceptors (Lipinski definition) is 6. The van der Waals surface area contributed by atoms with E-state index in [1.54, 1.807) is 18.3 Å². The number of aromatic nitrogens is 1. The average Bonchev–Trinajstić information content (AvgIpc) is 3.20. The molecule has 1 aromatic heterocycles. The molecule has 0 bridgehead atoms. The molecular formula is C23H19N3O4S. The molecule has 0 fully saturated rings. The second-order valence-electron chi connectivity index (χ2n) is 6.84. The normalized spacial score (nSPS) is 10.8. The summed E-state index contributed by atoms with van der Waals surface area (Å²) in [7, 11) is 0. The van der Waals surface area contributed by atoms with E-state index >= 15 is 0 Å². The lowest BCUT2D eigenvalue weighted by Crippen LogP contribution is -2.13. The number of para-hydroxylation sites is 1. The van der Waals surface area contributed by atoms with Gasteiger partial charge in [-0.2, -0.15) is 0 Å². The van der Waals surface area contributed by atoms with E-state index in [9.17, 15) is 14.9 Å². The monoisotopic (exact) mass is 433 g/mol. The first-order valence-corrected chi connectivity index (χ1v) is 10.5. The average molecular weight is 433 g/mol. The summed E-state index contributed by atoms with van der Waals surface area (Å²) in [5.74, 6) is -0.297. The number of anilines is 1. The van der Waals surface area contributed by atoms with E-state index in [0.717, 1.165) is 26.4 Å². The van der Waals surface area contributed by atoms with Crippen molar-refractivity contribution in [2.45, 2.75) is 13.8 Å². The van der Waals surface area contributed by atoms with Crippen LogP contribution in [0.1, 0.15) is 22.8 Å². The van der Waals surface area contributed by atoms with E-state index in [-0.39, 0.29) is 17.0 Å². The molecule has 1 heterocycles. The van der Waals surface area contributed by atoms with Gasteiger partial charge >= 0.3 is 5.69 Å². The highest BCUT2D eigenvalue weighted by molar-refractivity contribution is 7.21. The van der Waals surface area contributed by atoms with E-state index in [1.807, 2.05) is 49.4 Å². The predicted molar refractivity (Wildman–Crippen MR) is 122 cm³/mol. The highest BCUT2D eigenvalue weighted by Gasteiger charge is 2.19. The van der Waals surface area contributed by atoms with Gasteiger partial charge in [0.05, 0.1) is 21.7 Å². The van der Waals surface area contributed by atoms with Crippen LogP contribution in [0.5, 0.6) is 5.75 Å². The Bertz CT molecular complexity index is 1270. The minimum atomic E-state index is -0.555. The van der Waals surface area contributed by atoms with Crippen molar-refractivity contribution in [1.82, 2.24) is 4.98 Å². The zero-order chi connectivity index (χ0) is 22.0. The van der Waals surface area contributed by atoms with Crippen molar-refractivity contribution in [2.75, 3.05) is 11.9 Å². The third kappa shape index (κ3) is 4.24. The summed E-state index contributed by atoms with van der Waals surface area (Å²) >= 11 is 1.58. The van der Waals surface area contributed by atoms with Gasteiger partial charge in [-0.25, -0.2) is 4.98 Å². The van der Waals surface area contributed by atoms with Gasteiger partial charge in [0.1, 0.15) is 5.01 Å². The van der Waals surface area contributed by atoms with Gasteiger partial charge in [-0.05, 0) is 49.7 Å². The molecule has 0 aliphatic heterocycles. The van der Waals surface area contributed by atoms with Crippen molar-refractivity contribution in [3.63, 3.8) is 0 Å². The second-order valence-corrected chi connectivity index (χ2v) is 7.87. The summed E-state index contributed by atoms with van der Waals surface area (Å²) in [5.41, 5.74) is 3.25. The number of thiazole rings is 1. The van der Waals surface area contributed by atoms with Crippen molar-refractivity contribution in [3.8, 4) is 16.3 Å². The van der Waals surface area contributed by atoms with Gasteiger partial charge in [0, 0.05) is 22.9 Å². The number of nitro groups is 1. The van der Waals surface area contributed by atoms with Crippen LogP contribution >= 0.6 is 11.3 Å². The molecule has 0 saturated heterocycles.